The third-order valence-electron chi connectivity index (χ3n) is 2.68. The predicted octanol–water partition coefficient (Wildman–Crippen LogP) is 2.34. The summed E-state index contributed by atoms with van der Waals surface area (Å²) < 4.78 is 5.38. The van der Waals surface area contributed by atoms with E-state index in [0.29, 0.717) is 17.9 Å². The summed E-state index contributed by atoms with van der Waals surface area (Å²) >= 11 is 0. The molecule has 0 radical (unpaired) electrons. The molecule has 0 fully saturated rings. The number of aromatic nitrogens is 2. The van der Waals surface area contributed by atoms with Crippen LogP contribution in [0.25, 0.3) is 11.3 Å². The van der Waals surface area contributed by atoms with Crippen molar-refractivity contribution in [2.45, 2.75) is 13.8 Å². The summed E-state index contributed by atoms with van der Waals surface area (Å²) in [7, 11) is 0. The van der Waals surface area contributed by atoms with Gasteiger partial charge in [0.05, 0.1) is 11.5 Å². The first kappa shape index (κ1) is 13.7. The molecule has 20 heavy (non-hydrogen) atoms. The van der Waals surface area contributed by atoms with Crippen molar-refractivity contribution < 1.29 is 9.66 Å². The summed E-state index contributed by atoms with van der Waals surface area (Å²) in [5, 5.41) is 11.2. The van der Waals surface area contributed by atoms with Gasteiger partial charge in [-0.05, 0) is 26.0 Å². The molecule has 0 unspecified atom stereocenters. The summed E-state index contributed by atoms with van der Waals surface area (Å²) in [6.45, 7) is 3.91. The lowest BCUT2D eigenvalue weighted by Gasteiger charge is -2.08. The molecule has 0 spiro atoms. The van der Waals surface area contributed by atoms with Gasteiger partial charge in [-0.15, -0.1) is 0 Å². The molecule has 2 N–H and O–H groups in total. The Morgan fingerprint density at radius 2 is 2.15 bits per heavy atom. The van der Waals surface area contributed by atoms with E-state index in [0.717, 1.165) is 0 Å². The number of rotatable bonds is 4. The molecule has 0 aliphatic heterocycles. The maximum Gasteiger partial charge on any atom is 0.316 e. The van der Waals surface area contributed by atoms with Crippen molar-refractivity contribution in [3.63, 3.8) is 0 Å². The van der Waals surface area contributed by atoms with E-state index in [1.54, 1.807) is 24.3 Å². The molecule has 7 nitrogen and oxygen atoms in total. The molecule has 104 valence electrons. The molecule has 0 aliphatic carbocycles. The Hall–Kier alpha value is -2.70. The Morgan fingerprint density at radius 3 is 2.80 bits per heavy atom. The number of hydrogen-bond acceptors (Lipinski definition) is 6. The highest BCUT2D eigenvalue weighted by Gasteiger charge is 2.22. The predicted molar refractivity (Wildman–Crippen MR) is 74.4 cm³/mol. The van der Waals surface area contributed by atoms with Gasteiger partial charge in [0, 0.05) is 5.56 Å². The third kappa shape index (κ3) is 2.66. The van der Waals surface area contributed by atoms with E-state index in [2.05, 4.69) is 9.97 Å². The lowest BCUT2D eigenvalue weighted by atomic mass is 10.1. The third-order valence-corrected chi connectivity index (χ3v) is 2.68. The first-order valence-electron chi connectivity index (χ1n) is 6.04. The van der Waals surface area contributed by atoms with Crippen molar-refractivity contribution in [3.8, 4) is 17.0 Å². The van der Waals surface area contributed by atoms with Crippen LogP contribution >= 0.6 is 0 Å². The lowest BCUT2D eigenvalue weighted by Crippen LogP contribution is -2.04. The zero-order chi connectivity index (χ0) is 14.7. The Bertz CT molecular complexity index is 658. The summed E-state index contributed by atoms with van der Waals surface area (Å²) in [6, 6.07) is 6.93. The van der Waals surface area contributed by atoms with E-state index in [1.807, 2.05) is 6.92 Å². The number of nitrogen functional groups attached to an aromatic ring is 1. The second kappa shape index (κ2) is 5.52. The van der Waals surface area contributed by atoms with Gasteiger partial charge in [-0.25, -0.2) is 9.97 Å². The zero-order valence-electron chi connectivity index (χ0n) is 11.2. The number of ether oxygens (including phenoxy) is 1. The van der Waals surface area contributed by atoms with Crippen LogP contribution in [0, 0.1) is 17.0 Å². The monoisotopic (exact) mass is 274 g/mol. The summed E-state index contributed by atoms with van der Waals surface area (Å²) in [4.78, 5) is 18.5. The van der Waals surface area contributed by atoms with Gasteiger partial charge < -0.3 is 10.5 Å². The fourth-order valence-corrected chi connectivity index (χ4v) is 1.91. The van der Waals surface area contributed by atoms with Gasteiger partial charge in [-0.3, -0.25) is 10.1 Å². The van der Waals surface area contributed by atoms with Crippen LogP contribution in [0.3, 0.4) is 0 Å². The maximum atomic E-state index is 11.2. The number of anilines is 1. The van der Waals surface area contributed by atoms with Crippen LogP contribution in [0.4, 0.5) is 11.6 Å². The maximum absolute atomic E-state index is 11.2. The van der Waals surface area contributed by atoms with Gasteiger partial charge in [0.15, 0.2) is 5.69 Å². The first-order chi connectivity index (χ1) is 9.52. The molecule has 0 bridgehead atoms. The summed E-state index contributed by atoms with van der Waals surface area (Å²) in [5.41, 5.74) is 6.44. The van der Waals surface area contributed by atoms with Crippen LogP contribution < -0.4 is 10.5 Å². The van der Waals surface area contributed by atoms with Gasteiger partial charge in [0.1, 0.15) is 11.4 Å². The Morgan fingerprint density at radius 1 is 1.40 bits per heavy atom. The average Bonchev–Trinajstić information content (AvgIpc) is 2.38. The van der Waals surface area contributed by atoms with Gasteiger partial charge in [0.25, 0.3) is 0 Å². The van der Waals surface area contributed by atoms with Gasteiger partial charge >= 0.3 is 5.69 Å². The Labute approximate surface area is 115 Å². The standard InChI is InChI=1S/C13H14N4O3/c1-3-20-10-6-4-5-9(7-10)11-12(17(18)19)8(2)15-13(14)16-11/h4-7H,3H2,1-2H3,(H2,14,15,16). The van der Waals surface area contributed by atoms with Crippen molar-refractivity contribution in [2.75, 3.05) is 12.3 Å². The summed E-state index contributed by atoms with van der Waals surface area (Å²) in [5.74, 6) is 0.624. The highest BCUT2D eigenvalue weighted by Crippen LogP contribution is 2.32. The molecule has 0 aliphatic rings. The molecule has 0 saturated carbocycles. The van der Waals surface area contributed by atoms with Gasteiger partial charge in [-0.2, -0.15) is 0 Å². The number of benzene rings is 1. The number of hydrogen-bond donors (Lipinski definition) is 1. The molecule has 0 saturated heterocycles. The van der Waals surface area contributed by atoms with Crippen molar-refractivity contribution in [1.82, 2.24) is 9.97 Å². The van der Waals surface area contributed by atoms with Gasteiger partial charge in [0.2, 0.25) is 5.95 Å². The van der Waals surface area contributed by atoms with Crippen molar-refractivity contribution >= 4 is 11.6 Å². The molecule has 2 aromatic rings. The minimum atomic E-state index is -0.503. The van der Waals surface area contributed by atoms with Crippen LogP contribution in [0.1, 0.15) is 12.6 Å². The quantitative estimate of drug-likeness (QED) is 0.677. The molecule has 1 aromatic carbocycles. The Balaban J connectivity index is 2.62. The topological polar surface area (TPSA) is 104 Å². The molecule has 0 atom stereocenters. The van der Waals surface area contributed by atoms with Crippen LogP contribution in [-0.2, 0) is 0 Å². The molecule has 2 rings (SSSR count). The molecule has 1 heterocycles. The van der Waals surface area contributed by atoms with E-state index in [1.165, 1.54) is 6.92 Å². The lowest BCUT2D eigenvalue weighted by molar-refractivity contribution is -0.385. The fourth-order valence-electron chi connectivity index (χ4n) is 1.91. The smallest absolute Gasteiger partial charge is 0.316 e. The highest BCUT2D eigenvalue weighted by atomic mass is 16.6. The normalized spacial score (nSPS) is 10.3. The average molecular weight is 274 g/mol. The van der Waals surface area contributed by atoms with Crippen LogP contribution in [0.15, 0.2) is 24.3 Å². The molecule has 7 heteroatoms. The van der Waals surface area contributed by atoms with E-state index < -0.39 is 4.92 Å². The van der Waals surface area contributed by atoms with Crippen molar-refractivity contribution in [3.05, 3.63) is 40.1 Å². The highest BCUT2D eigenvalue weighted by molar-refractivity contribution is 5.72. The van der Waals surface area contributed by atoms with E-state index >= 15 is 0 Å². The molecular formula is C13H14N4O3. The number of aryl methyl sites for hydroxylation is 1. The SMILES string of the molecule is CCOc1cccc(-c2nc(N)nc(C)c2[N+](=O)[O-])c1. The second-order valence-electron chi connectivity index (χ2n) is 4.08. The number of nitro groups is 1. The van der Waals surface area contributed by atoms with Crippen molar-refractivity contribution in [1.29, 1.82) is 0 Å². The van der Waals surface area contributed by atoms with Crippen LogP contribution in [0.5, 0.6) is 5.75 Å². The van der Waals surface area contributed by atoms with Crippen LogP contribution in [-0.4, -0.2) is 21.5 Å². The van der Waals surface area contributed by atoms with E-state index in [-0.39, 0.29) is 23.0 Å². The van der Waals surface area contributed by atoms with Crippen LogP contribution in [0.2, 0.25) is 0 Å². The molecule has 1 aromatic heterocycles. The minimum Gasteiger partial charge on any atom is -0.494 e. The fraction of sp³-hybridized carbons (Fsp3) is 0.231. The van der Waals surface area contributed by atoms with Gasteiger partial charge in [-0.1, -0.05) is 12.1 Å². The molecular weight excluding hydrogens is 260 g/mol. The minimum absolute atomic E-state index is 0.00455. The number of nitrogens with zero attached hydrogens (tertiary/aromatic N) is 3. The largest absolute Gasteiger partial charge is 0.494 e. The zero-order valence-corrected chi connectivity index (χ0v) is 11.2. The second-order valence-corrected chi connectivity index (χ2v) is 4.08. The van der Waals surface area contributed by atoms with Crippen molar-refractivity contribution in [2.24, 2.45) is 0 Å². The number of nitrogens with two attached hydrogens (primary N) is 1. The van der Waals surface area contributed by atoms with E-state index in [4.69, 9.17) is 10.5 Å². The molecule has 0 amide bonds. The Kier molecular flexibility index (Phi) is 3.79. The van der Waals surface area contributed by atoms with E-state index in [9.17, 15) is 10.1 Å². The summed E-state index contributed by atoms with van der Waals surface area (Å²) in [6.07, 6.45) is 0. The first-order valence-corrected chi connectivity index (χ1v) is 6.04.